The van der Waals surface area contributed by atoms with Gasteiger partial charge in [0.15, 0.2) is 0 Å². The van der Waals surface area contributed by atoms with Gasteiger partial charge in [-0.2, -0.15) is 0 Å². The highest BCUT2D eigenvalue weighted by molar-refractivity contribution is 7.09. The lowest BCUT2D eigenvalue weighted by atomic mass is 10.2. The number of carbonyl (C=O) groups is 3. The Balaban J connectivity index is 2.55. The molecular weight excluding hydrogens is 332 g/mol. The van der Waals surface area contributed by atoms with E-state index in [1.165, 1.54) is 11.8 Å². The Hall–Kier alpha value is -2.16. The van der Waals surface area contributed by atoms with Crippen molar-refractivity contribution in [2.45, 2.75) is 45.7 Å². The molecule has 1 rings (SSSR count). The summed E-state index contributed by atoms with van der Waals surface area (Å²) in [6, 6.07) is -1.56. The van der Waals surface area contributed by atoms with Crippen LogP contribution in [0.25, 0.3) is 0 Å². The minimum atomic E-state index is -1.14. The number of rotatable bonds is 8. The zero-order chi connectivity index (χ0) is 18.3. The van der Waals surface area contributed by atoms with Crippen molar-refractivity contribution in [1.29, 1.82) is 0 Å². The number of amides is 3. The van der Waals surface area contributed by atoms with E-state index in [-0.39, 0.29) is 18.9 Å². The van der Waals surface area contributed by atoms with Gasteiger partial charge in [-0.3, -0.25) is 4.79 Å². The third-order valence-electron chi connectivity index (χ3n) is 3.21. The molecule has 0 bridgehead atoms. The van der Waals surface area contributed by atoms with E-state index < -0.39 is 18.0 Å². The molecule has 0 aromatic carbocycles. The summed E-state index contributed by atoms with van der Waals surface area (Å²) in [6.45, 7) is 5.92. The minimum absolute atomic E-state index is 0.114. The molecule has 0 saturated heterocycles. The largest absolute Gasteiger partial charge is 0.480 e. The van der Waals surface area contributed by atoms with Gasteiger partial charge >= 0.3 is 12.0 Å². The summed E-state index contributed by atoms with van der Waals surface area (Å²) in [6.07, 6.45) is 0.114. The smallest absolute Gasteiger partial charge is 0.326 e. The van der Waals surface area contributed by atoms with Crippen LogP contribution >= 0.6 is 11.3 Å². The Bertz CT molecular complexity index is 588. The van der Waals surface area contributed by atoms with Crippen molar-refractivity contribution in [3.63, 3.8) is 0 Å². The van der Waals surface area contributed by atoms with Gasteiger partial charge in [0, 0.05) is 31.8 Å². The van der Waals surface area contributed by atoms with Gasteiger partial charge in [-0.1, -0.05) is 13.8 Å². The molecule has 134 valence electrons. The highest BCUT2D eigenvalue weighted by Gasteiger charge is 2.22. The molecule has 3 amide bonds. The maximum absolute atomic E-state index is 12.1. The Morgan fingerprint density at radius 2 is 2.04 bits per heavy atom. The third-order valence-corrected chi connectivity index (χ3v) is 4.41. The summed E-state index contributed by atoms with van der Waals surface area (Å²) >= 11 is 1.54. The maximum atomic E-state index is 12.1. The van der Waals surface area contributed by atoms with Crippen molar-refractivity contribution >= 4 is 29.2 Å². The zero-order valence-corrected chi connectivity index (χ0v) is 15.1. The van der Waals surface area contributed by atoms with Crippen LogP contribution < -0.4 is 10.6 Å². The van der Waals surface area contributed by atoms with E-state index in [4.69, 9.17) is 5.11 Å². The van der Waals surface area contributed by atoms with Gasteiger partial charge in [0.25, 0.3) is 0 Å². The van der Waals surface area contributed by atoms with Crippen LogP contribution in [-0.2, 0) is 16.1 Å². The Kier molecular flexibility index (Phi) is 7.63. The summed E-state index contributed by atoms with van der Waals surface area (Å²) in [7, 11) is 1.58. The Labute approximate surface area is 145 Å². The number of urea groups is 1. The van der Waals surface area contributed by atoms with Crippen LogP contribution in [0.15, 0.2) is 5.38 Å². The molecule has 0 aliphatic carbocycles. The highest BCUT2D eigenvalue weighted by atomic mass is 32.1. The standard InChI is InChI=1S/C15H24N4O4S/c1-9(2)13-17-11(8-24-13)7-19(4)15(23)18-12(14(21)22)5-6-16-10(3)20/h8-9,12H,5-7H2,1-4H3,(H,16,20)(H,18,23)(H,21,22)/t12-/m0/s1. The van der Waals surface area contributed by atoms with E-state index in [2.05, 4.69) is 15.6 Å². The van der Waals surface area contributed by atoms with Crippen molar-refractivity contribution < 1.29 is 19.5 Å². The lowest BCUT2D eigenvalue weighted by Gasteiger charge is -2.21. The number of nitrogens with zero attached hydrogens (tertiary/aromatic N) is 2. The Morgan fingerprint density at radius 3 is 2.54 bits per heavy atom. The fraction of sp³-hybridized carbons (Fsp3) is 0.600. The molecule has 24 heavy (non-hydrogen) atoms. The molecule has 1 aromatic rings. The van der Waals surface area contributed by atoms with E-state index in [9.17, 15) is 14.4 Å². The van der Waals surface area contributed by atoms with Crippen molar-refractivity contribution in [2.24, 2.45) is 0 Å². The van der Waals surface area contributed by atoms with Gasteiger partial charge in [0.05, 0.1) is 17.2 Å². The lowest BCUT2D eigenvalue weighted by Crippen LogP contribution is -2.47. The summed E-state index contributed by atoms with van der Waals surface area (Å²) in [5.41, 5.74) is 0.770. The summed E-state index contributed by atoms with van der Waals surface area (Å²) in [5.74, 6) is -1.06. The van der Waals surface area contributed by atoms with E-state index in [0.29, 0.717) is 12.5 Å². The quantitative estimate of drug-likeness (QED) is 0.652. The number of thiazole rings is 1. The average Bonchev–Trinajstić information content (AvgIpc) is 2.94. The normalized spacial score (nSPS) is 11.9. The molecule has 1 aromatic heterocycles. The summed E-state index contributed by atoms with van der Waals surface area (Å²) in [4.78, 5) is 40.0. The SMILES string of the molecule is CC(=O)NCC[C@H](NC(=O)N(C)Cc1csc(C(C)C)n1)C(=O)O. The predicted octanol–water partition coefficient (Wildman–Crippen LogP) is 1.39. The van der Waals surface area contributed by atoms with Crippen LogP contribution in [0.4, 0.5) is 4.79 Å². The predicted molar refractivity (Wildman–Crippen MR) is 90.9 cm³/mol. The summed E-state index contributed by atoms with van der Waals surface area (Å²) in [5, 5.41) is 17.0. The van der Waals surface area contributed by atoms with Crippen LogP contribution in [0.2, 0.25) is 0 Å². The van der Waals surface area contributed by atoms with E-state index in [1.807, 2.05) is 19.2 Å². The topological polar surface area (TPSA) is 112 Å². The number of aromatic nitrogens is 1. The van der Waals surface area contributed by atoms with Crippen LogP contribution in [0.5, 0.6) is 0 Å². The molecule has 0 aliphatic heterocycles. The first kappa shape index (κ1) is 19.9. The van der Waals surface area contributed by atoms with Crippen LogP contribution in [0.3, 0.4) is 0 Å². The van der Waals surface area contributed by atoms with Gasteiger partial charge in [-0.25, -0.2) is 14.6 Å². The van der Waals surface area contributed by atoms with Crippen molar-refractivity contribution in [2.75, 3.05) is 13.6 Å². The monoisotopic (exact) mass is 356 g/mol. The average molecular weight is 356 g/mol. The molecular formula is C15H24N4O4S. The second-order valence-electron chi connectivity index (χ2n) is 5.80. The first-order valence-corrected chi connectivity index (χ1v) is 8.51. The fourth-order valence-electron chi connectivity index (χ4n) is 1.88. The van der Waals surface area contributed by atoms with Crippen LogP contribution in [0, 0.1) is 0 Å². The molecule has 1 atom stereocenters. The van der Waals surface area contributed by atoms with Gasteiger partial charge in [-0.05, 0) is 6.42 Å². The molecule has 1 heterocycles. The molecule has 3 N–H and O–H groups in total. The van der Waals surface area contributed by atoms with E-state index in [1.54, 1.807) is 18.4 Å². The second kappa shape index (κ2) is 9.21. The van der Waals surface area contributed by atoms with Crippen LogP contribution in [0.1, 0.15) is 43.8 Å². The van der Waals surface area contributed by atoms with E-state index in [0.717, 1.165) is 10.7 Å². The molecule has 0 fully saturated rings. The third kappa shape index (κ3) is 6.53. The van der Waals surface area contributed by atoms with Gasteiger partial charge in [0.2, 0.25) is 5.91 Å². The Morgan fingerprint density at radius 1 is 1.38 bits per heavy atom. The maximum Gasteiger partial charge on any atom is 0.326 e. The van der Waals surface area contributed by atoms with Crippen molar-refractivity contribution in [1.82, 2.24) is 20.5 Å². The van der Waals surface area contributed by atoms with Gasteiger partial charge in [0.1, 0.15) is 6.04 Å². The van der Waals surface area contributed by atoms with Crippen molar-refractivity contribution in [3.8, 4) is 0 Å². The molecule has 0 saturated carbocycles. The molecule has 0 unspecified atom stereocenters. The number of hydrogen-bond donors (Lipinski definition) is 3. The zero-order valence-electron chi connectivity index (χ0n) is 14.3. The second-order valence-corrected chi connectivity index (χ2v) is 6.69. The number of aliphatic carboxylic acids is 1. The van der Waals surface area contributed by atoms with Gasteiger partial charge < -0.3 is 20.6 Å². The van der Waals surface area contributed by atoms with Crippen LogP contribution in [-0.4, -0.2) is 52.5 Å². The lowest BCUT2D eigenvalue weighted by molar-refractivity contribution is -0.139. The molecule has 0 radical (unpaired) electrons. The van der Waals surface area contributed by atoms with Crippen molar-refractivity contribution in [3.05, 3.63) is 16.1 Å². The molecule has 8 nitrogen and oxygen atoms in total. The number of carboxylic acid groups (broad SMARTS) is 1. The molecule has 0 aliphatic rings. The number of carboxylic acids is 1. The first-order chi connectivity index (χ1) is 11.2. The van der Waals surface area contributed by atoms with E-state index >= 15 is 0 Å². The fourth-order valence-corrected chi connectivity index (χ4v) is 2.71. The van der Waals surface area contributed by atoms with Gasteiger partial charge in [-0.15, -0.1) is 11.3 Å². The number of hydrogen-bond acceptors (Lipinski definition) is 5. The first-order valence-electron chi connectivity index (χ1n) is 7.63. The number of carbonyl (C=O) groups excluding carboxylic acids is 2. The molecule has 0 spiro atoms. The molecule has 9 heteroatoms. The summed E-state index contributed by atoms with van der Waals surface area (Å²) < 4.78 is 0. The highest BCUT2D eigenvalue weighted by Crippen LogP contribution is 2.19. The minimum Gasteiger partial charge on any atom is -0.480 e. The number of nitrogens with one attached hydrogen (secondary N) is 2.